The van der Waals surface area contributed by atoms with E-state index in [9.17, 15) is 19.2 Å². The minimum atomic E-state index is -1.10. The summed E-state index contributed by atoms with van der Waals surface area (Å²) in [5.41, 5.74) is -0.980. The van der Waals surface area contributed by atoms with Gasteiger partial charge in [0.05, 0.1) is 11.3 Å². The van der Waals surface area contributed by atoms with Crippen LogP contribution in [-0.2, 0) is 33.4 Å². The van der Waals surface area contributed by atoms with Gasteiger partial charge in [-0.1, -0.05) is 19.6 Å². The Morgan fingerprint density at radius 2 is 1.81 bits per heavy atom. The van der Waals surface area contributed by atoms with Crippen LogP contribution in [0, 0.1) is 23.2 Å². The molecule has 1 saturated carbocycles. The maximum Gasteiger partial charge on any atom is 0.334 e. The van der Waals surface area contributed by atoms with E-state index in [2.05, 4.69) is 6.58 Å². The lowest BCUT2D eigenvalue weighted by molar-refractivity contribution is -0.168. The van der Waals surface area contributed by atoms with Crippen LogP contribution in [0.5, 0.6) is 0 Å². The maximum atomic E-state index is 12.8. The van der Waals surface area contributed by atoms with Gasteiger partial charge in [-0.25, -0.2) is 4.79 Å². The fraction of sp³-hybridized carbons (Fsp3) is 0.579. The number of ether oxygens (including phenoxy) is 3. The molecule has 7 heteroatoms. The van der Waals surface area contributed by atoms with Gasteiger partial charge in [-0.2, -0.15) is 0 Å². The van der Waals surface area contributed by atoms with E-state index in [0.29, 0.717) is 0 Å². The number of allylic oxidation sites excluding steroid dienone is 2. The van der Waals surface area contributed by atoms with Crippen molar-refractivity contribution in [3.8, 4) is 0 Å². The molecule has 0 radical (unpaired) electrons. The van der Waals surface area contributed by atoms with Crippen LogP contribution in [0.25, 0.3) is 0 Å². The highest BCUT2D eigenvalue weighted by Crippen LogP contribution is 2.54. The van der Waals surface area contributed by atoms with Crippen LogP contribution in [0.4, 0.5) is 0 Å². The summed E-state index contributed by atoms with van der Waals surface area (Å²) in [6, 6.07) is 0. The van der Waals surface area contributed by atoms with Crippen molar-refractivity contribution in [2.24, 2.45) is 23.2 Å². The molecule has 0 bridgehead atoms. The molecule has 7 nitrogen and oxygen atoms in total. The third-order valence-corrected chi connectivity index (χ3v) is 5.86. The number of hydrogen-bond acceptors (Lipinski definition) is 7. The lowest BCUT2D eigenvalue weighted by atomic mass is 9.67. The molecule has 7 atom stereocenters. The highest BCUT2D eigenvalue weighted by molar-refractivity contribution is 5.99. The first-order valence-electron chi connectivity index (χ1n) is 8.55. The van der Waals surface area contributed by atoms with Crippen LogP contribution in [0.1, 0.15) is 27.7 Å². The average molecular weight is 362 g/mol. The fourth-order valence-corrected chi connectivity index (χ4v) is 4.64. The SMILES string of the molecule is C=C1C(=O)O[C@@H]2[C@H](OC(C)=O)[C@@H](C)[C@@H]3C=CC(=O)[C@@]3(C)[C@@H](OC(C)=O)[C@H]12. The van der Waals surface area contributed by atoms with E-state index in [1.807, 2.05) is 6.92 Å². The van der Waals surface area contributed by atoms with Crippen molar-refractivity contribution in [3.63, 3.8) is 0 Å². The van der Waals surface area contributed by atoms with E-state index in [0.717, 1.165) is 0 Å². The highest BCUT2D eigenvalue weighted by Gasteiger charge is 2.65. The molecule has 26 heavy (non-hydrogen) atoms. The molecular weight excluding hydrogens is 340 g/mol. The van der Waals surface area contributed by atoms with Gasteiger partial charge in [0.2, 0.25) is 0 Å². The molecule has 0 amide bonds. The van der Waals surface area contributed by atoms with Gasteiger partial charge in [-0.05, 0) is 18.9 Å². The van der Waals surface area contributed by atoms with E-state index in [1.54, 1.807) is 13.0 Å². The van der Waals surface area contributed by atoms with Crippen LogP contribution in [0.2, 0.25) is 0 Å². The van der Waals surface area contributed by atoms with Crippen molar-refractivity contribution in [1.82, 2.24) is 0 Å². The van der Waals surface area contributed by atoms with Crippen molar-refractivity contribution in [2.75, 3.05) is 0 Å². The number of rotatable bonds is 2. The topological polar surface area (TPSA) is 96.0 Å². The first-order chi connectivity index (χ1) is 12.1. The number of ketones is 1. The molecule has 0 N–H and O–H groups in total. The normalized spacial score (nSPS) is 41.2. The molecule has 1 heterocycles. The molecule has 140 valence electrons. The van der Waals surface area contributed by atoms with E-state index < -0.39 is 47.6 Å². The second-order valence-corrected chi connectivity index (χ2v) is 7.42. The zero-order valence-corrected chi connectivity index (χ0v) is 15.2. The van der Waals surface area contributed by atoms with Crippen molar-refractivity contribution in [3.05, 3.63) is 24.3 Å². The fourth-order valence-electron chi connectivity index (χ4n) is 4.64. The quantitative estimate of drug-likeness (QED) is 0.416. The van der Waals surface area contributed by atoms with Gasteiger partial charge in [0.15, 0.2) is 5.78 Å². The first-order valence-corrected chi connectivity index (χ1v) is 8.55. The lowest BCUT2D eigenvalue weighted by Crippen LogP contribution is -2.49. The first kappa shape index (κ1) is 18.4. The Morgan fingerprint density at radius 1 is 1.19 bits per heavy atom. The van der Waals surface area contributed by atoms with Crippen LogP contribution in [0.3, 0.4) is 0 Å². The van der Waals surface area contributed by atoms with Crippen LogP contribution in [0.15, 0.2) is 24.3 Å². The van der Waals surface area contributed by atoms with Crippen LogP contribution < -0.4 is 0 Å². The minimum Gasteiger partial charge on any atom is -0.461 e. The summed E-state index contributed by atoms with van der Waals surface area (Å²) in [6.45, 7) is 9.86. The molecular formula is C19H22O7. The zero-order valence-electron chi connectivity index (χ0n) is 15.2. The van der Waals surface area contributed by atoms with Crippen LogP contribution >= 0.6 is 0 Å². The van der Waals surface area contributed by atoms with Gasteiger partial charge in [0.1, 0.15) is 18.3 Å². The summed E-state index contributed by atoms with van der Waals surface area (Å²) in [5.74, 6) is -3.37. The third kappa shape index (κ3) is 2.48. The van der Waals surface area contributed by atoms with E-state index >= 15 is 0 Å². The molecule has 2 fully saturated rings. The van der Waals surface area contributed by atoms with Crippen molar-refractivity contribution < 1.29 is 33.4 Å². The van der Waals surface area contributed by atoms with Gasteiger partial charge < -0.3 is 14.2 Å². The van der Waals surface area contributed by atoms with E-state index in [1.165, 1.54) is 19.9 Å². The van der Waals surface area contributed by atoms with Gasteiger partial charge in [0.25, 0.3) is 0 Å². The monoisotopic (exact) mass is 362 g/mol. The largest absolute Gasteiger partial charge is 0.461 e. The summed E-state index contributed by atoms with van der Waals surface area (Å²) < 4.78 is 16.5. The summed E-state index contributed by atoms with van der Waals surface area (Å²) >= 11 is 0. The average Bonchev–Trinajstić information content (AvgIpc) is 2.98. The Hall–Kier alpha value is -2.44. The number of fused-ring (bicyclic) bond motifs is 2. The Bertz CT molecular complexity index is 736. The number of carbonyl (C=O) groups is 4. The second-order valence-electron chi connectivity index (χ2n) is 7.42. The van der Waals surface area contributed by atoms with E-state index in [-0.39, 0.29) is 23.2 Å². The Morgan fingerprint density at radius 3 is 2.38 bits per heavy atom. The number of carbonyl (C=O) groups excluding carboxylic acids is 4. The van der Waals surface area contributed by atoms with E-state index in [4.69, 9.17) is 14.2 Å². The van der Waals surface area contributed by atoms with Crippen molar-refractivity contribution in [2.45, 2.75) is 46.0 Å². The molecule has 1 aliphatic heterocycles. The summed E-state index contributed by atoms with van der Waals surface area (Å²) in [7, 11) is 0. The highest BCUT2D eigenvalue weighted by atomic mass is 16.6. The van der Waals surface area contributed by atoms with Gasteiger partial charge in [-0.15, -0.1) is 0 Å². The zero-order chi connectivity index (χ0) is 19.4. The molecule has 3 aliphatic rings. The van der Waals surface area contributed by atoms with Gasteiger partial charge in [0, 0.05) is 25.3 Å². The molecule has 0 aromatic heterocycles. The molecule has 1 saturated heterocycles. The summed E-state index contributed by atoms with van der Waals surface area (Å²) in [4.78, 5) is 48.4. The molecule has 0 aromatic rings. The Balaban J connectivity index is 2.18. The smallest absolute Gasteiger partial charge is 0.334 e. The molecule has 0 spiro atoms. The predicted molar refractivity (Wildman–Crippen MR) is 88.5 cm³/mol. The molecule has 0 unspecified atom stereocenters. The van der Waals surface area contributed by atoms with Crippen molar-refractivity contribution in [1.29, 1.82) is 0 Å². The third-order valence-electron chi connectivity index (χ3n) is 5.86. The summed E-state index contributed by atoms with van der Waals surface area (Å²) in [5, 5.41) is 0. The Kier molecular flexibility index (Phi) is 4.29. The van der Waals surface area contributed by atoms with Crippen molar-refractivity contribution >= 4 is 23.7 Å². The predicted octanol–water partition coefficient (Wildman–Crippen LogP) is 1.36. The Labute approximate surface area is 151 Å². The summed E-state index contributed by atoms with van der Waals surface area (Å²) in [6.07, 6.45) is 0.636. The number of esters is 3. The van der Waals surface area contributed by atoms with Gasteiger partial charge in [-0.3, -0.25) is 14.4 Å². The molecule has 0 aromatic carbocycles. The standard InChI is InChI=1S/C19H22O7/c1-8-12-6-7-13(22)19(12,5)17(25-11(4)21)14-9(2)18(23)26-16(14)15(8)24-10(3)20/h6-8,12,14-17H,2H2,1,3-5H3/t8-,12-,14+,15+,16-,17-,19-/m0/s1. The molecule has 3 rings (SSSR count). The van der Waals surface area contributed by atoms with Crippen LogP contribution in [-0.4, -0.2) is 42.0 Å². The minimum absolute atomic E-state index is 0.118. The second kappa shape index (κ2) is 6.07. The lowest BCUT2D eigenvalue weighted by Gasteiger charge is -2.39. The van der Waals surface area contributed by atoms with Gasteiger partial charge >= 0.3 is 17.9 Å². The molecule has 2 aliphatic carbocycles. The number of hydrogen-bond donors (Lipinski definition) is 0. The maximum absolute atomic E-state index is 12.8.